The number of aromatic nitrogens is 2. The maximum Gasteiger partial charge on any atom is 0.246 e. The van der Waals surface area contributed by atoms with Crippen LogP contribution in [0.15, 0.2) is 49.1 Å². The molecule has 5 heteroatoms. The second kappa shape index (κ2) is 7.32. The number of carbonyl (C=O) groups excluding carboxylic acids is 1. The summed E-state index contributed by atoms with van der Waals surface area (Å²) in [5, 5.41) is 0. The Morgan fingerprint density at radius 2 is 1.96 bits per heavy atom. The molecule has 3 heterocycles. The Morgan fingerprint density at radius 3 is 2.71 bits per heavy atom. The molecule has 0 unspecified atom stereocenters. The van der Waals surface area contributed by atoms with Gasteiger partial charge in [-0.2, -0.15) is 0 Å². The van der Waals surface area contributed by atoms with Gasteiger partial charge in [0.15, 0.2) is 0 Å². The van der Waals surface area contributed by atoms with Crippen LogP contribution in [0.4, 0.5) is 0 Å². The molecule has 0 radical (unpaired) electrons. The number of fused-ring (bicyclic) bond motifs is 1. The molecule has 28 heavy (non-hydrogen) atoms. The largest absolute Gasteiger partial charge is 0.333 e. The number of benzene rings is 1. The summed E-state index contributed by atoms with van der Waals surface area (Å²) < 4.78 is 0. The van der Waals surface area contributed by atoms with Crippen LogP contribution < -0.4 is 0 Å². The van der Waals surface area contributed by atoms with Gasteiger partial charge in [-0.1, -0.05) is 30.8 Å². The molecule has 1 aromatic carbocycles. The van der Waals surface area contributed by atoms with Crippen molar-refractivity contribution in [2.75, 3.05) is 6.54 Å². The fraction of sp³-hybridized carbons (Fsp3) is 0.261. The Hall–Kier alpha value is -2.79. The molecule has 4 rings (SSSR count). The van der Waals surface area contributed by atoms with Crippen molar-refractivity contribution in [3.05, 3.63) is 81.5 Å². The molecule has 2 aromatic heterocycles. The molecule has 0 fully saturated rings. The number of amides is 1. The van der Waals surface area contributed by atoms with Crippen LogP contribution in [0.2, 0.25) is 0 Å². The number of hydrogen-bond acceptors (Lipinski definition) is 4. The molecule has 4 nitrogen and oxygen atoms in total. The van der Waals surface area contributed by atoms with E-state index in [0.29, 0.717) is 13.1 Å². The van der Waals surface area contributed by atoms with E-state index in [9.17, 15) is 4.79 Å². The van der Waals surface area contributed by atoms with E-state index < -0.39 is 0 Å². The lowest BCUT2D eigenvalue weighted by Gasteiger charge is -2.33. The number of carbonyl (C=O) groups is 1. The minimum atomic E-state index is -0.0205. The molecule has 142 valence electrons. The average Bonchev–Trinajstić information content (AvgIpc) is 3.06. The van der Waals surface area contributed by atoms with E-state index in [-0.39, 0.29) is 11.8 Å². The first-order chi connectivity index (χ1) is 13.5. The summed E-state index contributed by atoms with van der Waals surface area (Å²) in [5.41, 5.74) is 5.51. The topological polar surface area (TPSA) is 46.1 Å². The Morgan fingerprint density at radius 1 is 1.18 bits per heavy atom. The molecule has 1 amide bonds. The summed E-state index contributed by atoms with van der Waals surface area (Å²) in [6.45, 7) is 11.0. The summed E-state index contributed by atoms with van der Waals surface area (Å²) >= 11 is 1.77. The van der Waals surface area contributed by atoms with Crippen LogP contribution in [0.1, 0.15) is 38.3 Å². The quantitative estimate of drug-likeness (QED) is 0.605. The Labute approximate surface area is 169 Å². The Kier molecular flexibility index (Phi) is 4.85. The normalized spacial score (nSPS) is 16.0. The maximum absolute atomic E-state index is 12.4. The summed E-state index contributed by atoms with van der Waals surface area (Å²) in [6.07, 6.45) is 1.41. The average molecular weight is 390 g/mol. The minimum absolute atomic E-state index is 0.0205. The predicted octanol–water partition coefficient (Wildman–Crippen LogP) is 4.79. The molecular weight excluding hydrogens is 366 g/mol. The van der Waals surface area contributed by atoms with Gasteiger partial charge < -0.3 is 4.90 Å². The first-order valence-electron chi connectivity index (χ1n) is 9.38. The molecule has 0 spiro atoms. The highest BCUT2D eigenvalue weighted by molar-refractivity contribution is 7.12. The van der Waals surface area contributed by atoms with Crippen LogP contribution in [-0.4, -0.2) is 27.3 Å². The van der Waals surface area contributed by atoms with Crippen LogP contribution in [0.5, 0.6) is 0 Å². The molecule has 1 atom stereocenters. The zero-order valence-electron chi connectivity index (χ0n) is 16.4. The smallest absolute Gasteiger partial charge is 0.246 e. The first-order valence-corrected chi connectivity index (χ1v) is 10.2. The lowest BCUT2D eigenvalue weighted by atomic mass is 9.84. The van der Waals surface area contributed by atoms with Crippen molar-refractivity contribution >= 4 is 17.2 Å². The Balaban J connectivity index is 1.86. The van der Waals surface area contributed by atoms with Crippen molar-refractivity contribution in [1.82, 2.24) is 14.9 Å². The number of thiophene rings is 1. The standard InChI is InChI=1S/C23H23N3OS/c1-5-23(27)26-12-20(19-11-15(3)28-22(19)13-26)17-8-6-7-9-18(17)21-10-14(2)24-16(4)25-21/h5-11,20H,1,12-13H2,2-4H3/t20-/m0/s1. The molecular formula is C23H23N3OS. The van der Waals surface area contributed by atoms with Crippen molar-refractivity contribution in [1.29, 1.82) is 0 Å². The third-order valence-electron chi connectivity index (χ3n) is 5.14. The van der Waals surface area contributed by atoms with Gasteiger partial charge >= 0.3 is 0 Å². The van der Waals surface area contributed by atoms with Gasteiger partial charge in [0.05, 0.1) is 12.2 Å². The fourth-order valence-electron chi connectivity index (χ4n) is 4.01. The molecule has 0 saturated carbocycles. The van der Waals surface area contributed by atoms with Gasteiger partial charge in [0.25, 0.3) is 0 Å². The van der Waals surface area contributed by atoms with Gasteiger partial charge in [-0.05, 0) is 50.1 Å². The zero-order valence-corrected chi connectivity index (χ0v) is 17.2. The molecule has 0 bridgehead atoms. The van der Waals surface area contributed by atoms with Crippen LogP contribution in [0, 0.1) is 20.8 Å². The number of hydrogen-bond donors (Lipinski definition) is 0. The van der Waals surface area contributed by atoms with E-state index in [0.717, 1.165) is 22.8 Å². The van der Waals surface area contributed by atoms with Crippen molar-refractivity contribution in [2.24, 2.45) is 0 Å². The minimum Gasteiger partial charge on any atom is -0.333 e. The number of nitrogens with zero attached hydrogens (tertiary/aromatic N) is 3. The van der Waals surface area contributed by atoms with Gasteiger partial charge in [-0.3, -0.25) is 4.79 Å². The fourth-order valence-corrected chi connectivity index (χ4v) is 5.12. The van der Waals surface area contributed by atoms with Gasteiger partial charge in [0.1, 0.15) is 5.82 Å². The highest BCUT2D eigenvalue weighted by atomic mass is 32.1. The summed E-state index contributed by atoms with van der Waals surface area (Å²) in [4.78, 5) is 25.9. The third kappa shape index (κ3) is 3.38. The second-order valence-corrected chi connectivity index (χ2v) is 8.58. The molecule has 1 aliphatic heterocycles. The van der Waals surface area contributed by atoms with E-state index in [1.54, 1.807) is 11.3 Å². The molecule has 0 aliphatic carbocycles. The van der Waals surface area contributed by atoms with Gasteiger partial charge in [0.2, 0.25) is 5.91 Å². The highest BCUT2D eigenvalue weighted by Gasteiger charge is 2.31. The highest BCUT2D eigenvalue weighted by Crippen LogP contribution is 2.41. The summed E-state index contributed by atoms with van der Waals surface area (Å²) in [5.74, 6) is 0.862. The molecule has 1 aliphatic rings. The third-order valence-corrected chi connectivity index (χ3v) is 6.19. The molecule has 3 aromatic rings. The van der Waals surface area contributed by atoms with Crippen LogP contribution in [0.3, 0.4) is 0 Å². The van der Waals surface area contributed by atoms with Crippen molar-refractivity contribution < 1.29 is 4.79 Å². The van der Waals surface area contributed by atoms with E-state index in [2.05, 4.69) is 47.7 Å². The number of aryl methyl sites for hydroxylation is 3. The summed E-state index contributed by atoms with van der Waals surface area (Å²) in [7, 11) is 0. The first kappa shape index (κ1) is 18.6. The lowest BCUT2D eigenvalue weighted by Crippen LogP contribution is -2.37. The SMILES string of the molecule is C=CC(=O)N1Cc2sc(C)cc2[C@H](c2ccccc2-c2cc(C)nc(C)n2)C1. The maximum atomic E-state index is 12.4. The zero-order chi connectivity index (χ0) is 19.8. The van der Waals surface area contributed by atoms with Gasteiger partial charge in [0, 0.05) is 33.5 Å². The molecule has 0 N–H and O–H groups in total. The second-order valence-electron chi connectivity index (χ2n) is 7.24. The van der Waals surface area contributed by atoms with Crippen LogP contribution in [0.25, 0.3) is 11.3 Å². The number of rotatable bonds is 3. The summed E-state index contributed by atoms with van der Waals surface area (Å²) in [6, 6.07) is 12.7. The Bertz CT molecular complexity index is 1050. The van der Waals surface area contributed by atoms with E-state index in [4.69, 9.17) is 0 Å². The van der Waals surface area contributed by atoms with Crippen molar-refractivity contribution in [3.63, 3.8) is 0 Å². The van der Waals surface area contributed by atoms with Gasteiger partial charge in [-0.15, -0.1) is 11.3 Å². The van der Waals surface area contributed by atoms with E-state index in [1.807, 2.05) is 30.9 Å². The molecule has 0 saturated heterocycles. The predicted molar refractivity (Wildman–Crippen MR) is 113 cm³/mol. The van der Waals surface area contributed by atoms with Crippen LogP contribution in [-0.2, 0) is 11.3 Å². The van der Waals surface area contributed by atoms with Crippen molar-refractivity contribution in [3.8, 4) is 11.3 Å². The van der Waals surface area contributed by atoms with E-state index in [1.165, 1.54) is 27.0 Å². The van der Waals surface area contributed by atoms with E-state index >= 15 is 0 Å². The van der Waals surface area contributed by atoms with Crippen molar-refractivity contribution in [2.45, 2.75) is 33.2 Å². The van der Waals surface area contributed by atoms with Gasteiger partial charge in [-0.25, -0.2) is 9.97 Å². The van der Waals surface area contributed by atoms with Crippen LogP contribution >= 0.6 is 11.3 Å². The monoisotopic (exact) mass is 389 g/mol. The lowest BCUT2D eigenvalue weighted by molar-refractivity contribution is -0.127.